The van der Waals surface area contributed by atoms with Gasteiger partial charge in [0.2, 0.25) is 0 Å². The number of rotatable bonds is 7. The maximum absolute atomic E-state index is 13.7. The Bertz CT molecular complexity index is 1500. The molecular weight excluding hydrogens is 510 g/mol. The van der Waals surface area contributed by atoms with E-state index in [1.807, 2.05) is 47.5 Å². The van der Waals surface area contributed by atoms with E-state index in [9.17, 15) is 4.79 Å². The van der Waals surface area contributed by atoms with Gasteiger partial charge in [-0.15, -0.1) is 0 Å². The molecule has 1 saturated carbocycles. The molecule has 4 aromatic rings. The highest BCUT2D eigenvalue weighted by atomic mass is 16.2. The van der Waals surface area contributed by atoms with Crippen molar-refractivity contribution >= 4 is 17.5 Å². The normalized spacial score (nSPS) is 18.1. The van der Waals surface area contributed by atoms with Gasteiger partial charge in [0, 0.05) is 48.3 Å². The molecule has 0 spiro atoms. The molecule has 0 atom stereocenters. The Morgan fingerprint density at radius 1 is 0.976 bits per heavy atom. The van der Waals surface area contributed by atoms with Gasteiger partial charge in [-0.2, -0.15) is 10.4 Å². The van der Waals surface area contributed by atoms with Crippen molar-refractivity contribution in [3.05, 3.63) is 95.9 Å². The second-order valence-electron chi connectivity index (χ2n) is 10.9. The van der Waals surface area contributed by atoms with Crippen LogP contribution in [0.4, 0.5) is 16.3 Å². The van der Waals surface area contributed by atoms with Crippen LogP contribution in [0.25, 0.3) is 11.1 Å². The van der Waals surface area contributed by atoms with E-state index in [-0.39, 0.29) is 18.1 Å². The first-order valence-electron chi connectivity index (χ1n) is 14.6. The summed E-state index contributed by atoms with van der Waals surface area (Å²) in [4.78, 5) is 20.0. The molecule has 3 heterocycles. The van der Waals surface area contributed by atoms with Gasteiger partial charge < -0.3 is 10.6 Å². The molecule has 8 nitrogen and oxygen atoms in total. The minimum atomic E-state index is -0.0744. The van der Waals surface area contributed by atoms with Crippen LogP contribution in [0.5, 0.6) is 0 Å². The monoisotopic (exact) mass is 545 g/mol. The van der Waals surface area contributed by atoms with Crippen LogP contribution in [-0.4, -0.2) is 32.9 Å². The Balaban J connectivity index is 1.18. The van der Waals surface area contributed by atoms with Gasteiger partial charge in [0.15, 0.2) is 0 Å². The third-order valence-electron chi connectivity index (χ3n) is 8.25. The molecule has 0 radical (unpaired) electrons. The quantitative estimate of drug-likeness (QED) is 0.284. The maximum Gasteiger partial charge on any atom is 0.322 e. The molecule has 2 aromatic carbocycles. The first-order valence-corrected chi connectivity index (χ1v) is 14.6. The lowest BCUT2D eigenvalue weighted by atomic mass is 9.89. The van der Waals surface area contributed by atoms with E-state index in [0.29, 0.717) is 12.1 Å². The molecular formula is C33H35N7O. The Morgan fingerprint density at radius 2 is 1.78 bits per heavy atom. The van der Waals surface area contributed by atoms with E-state index < -0.39 is 0 Å². The average Bonchev–Trinajstić information content (AvgIpc) is 3.47. The van der Waals surface area contributed by atoms with E-state index in [1.54, 1.807) is 12.3 Å². The smallest absolute Gasteiger partial charge is 0.322 e. The highest BCUT2D eigenvalue weighted by Crippen LogP contribution is 2.33. The summed E-state index contributed by atoms with van der Waals surface area (Å²) in [7, 11) is 0. The molecule has 8 heteroatoms. The topological polar surface area (TPSA) is 98.9 Å². The summed E-state index contributed by atoms with van der Waals surface area (Å²) in [5.41, 5.74) is 6.18. The number of aromatic nitrogens is 3. The van der Waals surface area contributed by atoms with Crippen molar-refractivity contribution in [2.45, 2.75) is 70.1 Å². The van der Waals surface area contributed by atoms with Crippen LogP contribution in [0.15, 0.2) is 79.1 Å². The predicted molar refractivity (Wildman–Crippen MR) is 160 cm³/mol. The number of aryl methyl sites for hydroxylation is 1. The van der Waals surface area contributed by atoms with Gasteiger partial charge in [0.05, 0.1) is 11.8 Å². The molecule has 41 heavy (non-hydrogen) atoms. The molecule has 1 aliphatic heterocycles. The van der Waals surface area contributed by atoms with E-state index in [4.69, 9.17) is 5.26 Å². The van der Waals surface area contributed by atoms with Gasteiger partial charge in [-0.3, -0.25) is 9.58 Å². The van der Waals surface area contributed by atoms with Gasteiger partial charge in [0.1, 0.15) is 11.9 Å². The summed E-state index contributed by atoms with van der Waals surface area (Å²) in [6.07, 6.45) is 10.6. The van der Waals surface area contributed by atoms with Crippen molar-refractivity contribution in [1.82, 2.24) is 20.1 Å². The average molecular weight is 546 g/mol. The molecule has 6 rings (SSSR count). The highest BCUT2D eigenvalue weighted by molar-refractivity contribution is 5.93. The number of carbonyl (C=O) groups excluding carboxylic acids is 1. The lowest BCUT2D eigenvalue weighted by molar-refractivity contribution is 0.240. The number of amides is 2. The fourth-order valence-corrected chi connectivity index (χ4v) is 6.05. The zero-order valence-electron chi connectivity index (χ0n) is 23.2. The number of carbonyl (C=O) groups is 1. The summed E-state index contributed by atoms with van der Waals surface area (Å²) in [5, 5.41) is 20.3. The molecule has 1 aliphatic carbocycles. The van der Waals surface area contributed by atoms with E-state index in [0.717, 1.165) is 61.3 Å². The first-order chi connectivity index (χ1) is 20.2. The van der Waals surface area contributed by atoms with Crippen LogP contribution < -0.4 is 15.5 Å². The third kappa shape index (κ3) is 6.09. The lowest BCUT2D eigenvalue weighted by Gasteiger charge is -2.37. The molecule has 2 aromatic heterocycles. The van der Waals surface area contributed by atoms with Crippen LogP contribution in [0.3, 0.4) is 0 Å². The van der Waals surface area contributed by atoms with Crippen LogP contribution in [0, 0.1) is 11.3 Å². The fourth-order valence-electron chi connectivity index (χ4n) is 6.05. The number of anilines is 2. The zero-order valence-corrected chi connectivity index (χ0v) is 23.2. The SMILES string of the molecule is N#Cc1ccc(N[C@H]2CC[C@H](N(C(=O)NCc3ccccc3)c3ccc(-c4cnn5c4CCCC5)cc3)CC2)nc1. The van der Waals surface area contributed by atoms with Crippen LogP contribution in [0.2, 0.25) is 0 Å². The van der Waals surface area contributed by atoms with Crippen molar-refractivity contribution < 1.29 is 4.79 Å². The number of fused-ring (bicyclic) bond motifs is 1. The summed E-state index contributed by atoms with van der Waals surface area (Å²) >= 11 is 0. The van der Waals surface area contributed by atoms with Crippen molar-refractivity contribution in [1.29, 1.82) is 5.26 Å². The minimum absolute atomic E-state index is 0.0744. The largest absolute Gasteiger partial charge is 0.367 e. The van der Waals surface area contributed by atoms with Gasteiger partial charge in [-0.05, 0) is 80.3 Å². The zero-order chi connectivity index (χ0) is 28.0. The number of hydrogen-bond donors (Lipinski definition) is 2. The highest BCUT2D eigenvalue weighted by Gasteiger charge is 2.30. The van der Waals surface area contributed by atoms with Crippen molar-refractivity contribution in [3.63, 3.8) is 0 Å². The number of nitrogens with one attached hydrogen (secondary N) is 2. The third-order valence-corrected chi connectivity index (χ3v) is 8.25. The number of nitrogens with zero attached hydrogens (tertiary/aromatic N) is 5. The summed E-state index contributed by atoms with van der Waals surface area (Å²) in [5.74, 6) is 0.780. The lowest BCUT2D eigenvalue weighted by Crippen LogP contribution is -2.48. The summed E-state index contributed by atoms with van der Waals surface area (Å²) in [6, 6.07) is 24.5. The molecule has 208 valence electrons. The number of benzene rings is 2. The minimum Gasteiger partial charge on any atom is -0.367 e. The number of hydrogen-bond acceptors (Lipinski definition) is 5. The Labute approximate surface area is 241 Å². The Kier molecular flexibility index (Phi) is 7.94. The molecule has 1 fully saturated rings. The fraction of sp³-hybridized carbons (Fsp3) is 0.333. The molecule has 0 saturated heterocycles. The summed E-state index contributed by atoms with van der Waals surface area (Å²) in [6.45, 7) is 1.47. The van der Waals surface area contributed by atoms with Crippen LogP contribution >= 0.6 is 0 Å². The van der Waals surface area contributed by atoms with E-state index in [1.165, 1.54) is 24.1 Å². The number of nitriles is 1. The second kappa shape index (κ2) is 12.3. The second-order valence-corrected chi connectivity index (χ2v) is 10.9. The van der Waals surface area contributed by atoms with Gasteiger partial charge in [-0.1, -0.05) is 42.5 Å². The van der Waals surface area contributed by atoms with E-state index in [2.05, 4.69) is 55.7 Å². The van der Waals surface area contributed by atoms with Gasteiger partial charge in [-0.25, -0.2) is 9.78 Å². The van der Waals surface area contributed by atoms with Crippen LogP contribution in [0.1, 0.15) is 55.3 Å². The molecule has 0 bridgehead atoms. The molecule has 2 N–H and O–H groups in total. The molecule has 0 unspecified atom stereocenters. The summed E-state index contributed by atoms with van der Waals surface area (Å²) < 4.78 is 2.13. The predicted octanol–water partition coefficient (Wildman–Crippen LogP) is 6.29. The standard InChI is InChI=1S/C33H35N7O/c34-20-25-9-18-32(35-22-25)38-27-12-16-29(17-13-27)40(33(41)36-21-24-6-2-1-3-7-24)28-14-10-26(11-15-28)30-23-37-39-19-5-4-8-31(30)39/h1-3,6-7,9-11,14-15,18,22-23,27,29H,4-5,8,12-13,16-17,19,21H2,(H,35,38)(H,36,41)/t27-,29-. The number of urea groups is 1. The number of pyridine rings is 1. The van der Waals surface area contributed by atoms with Crippen molar-refractivity contribution in [2.24, 2.45) is 0 Å². The Morgan fingerprint density at radius 3 is 2.51 bits per heavy atom. The van der Waals surface area contributed by atoms with Crippen molar-refractivity contribution in [2.75, 3.05) is 10.2 Å². The van der Waals surface area contributed by atoms with Crippen LogP contribution in [-0.2, 0) is 19.5 Å². The maximum atomic E-state index is 13.7. The van der Waals surface area contributed by atoms with Gasteiger partial charge in [0.25, 0.3) is 0 Å². The van der Waals surface area contributed by atoms with Gasteiger partial charge >= 0.3 is 6.03 Å². The van der Waals surface area contributed by atoms with Crippen molar-refractivity contribution in [3.8, 4) is 17.2 Å². The van der Waals surface area contributed by atoms with E-state index >= 15 is 0 Å². The molecule has 2 amide bonds. The first kappa shape index (κ1) is 26.6. The Hall–Kier alpha value is -4.64. The molecule has 2 aliphatic rings.